The SMILES string of the molecule is Cc1ccc(C)c2cc(S(=O)(=O)[O-])ccc12.[K+]. The maximum atomic E-state index is 10.9. The van der Waals surface area contributed by atoms with E-state index >= 15 is 0 Å². The number of aryl methyl sites for hydroxylation is 2. The van der Waals surface area contributed by atoms with Crippen LogP contribution in [0, 0.1) is 13.8 Å². The van der Waals surface area contributed by atoms with E-state index in [-0.39, 0.29) is 56.3 Å². The molecule has 2 aromatic carbocycles. The van der Waals surface area contributed by atoms with Gasteiger partial charge >= 0.3 is 51.4 Å². The molecule has 2 aromatic rings. The summed E-state index contributed by atoms with van der Waals surface area (Å²) in [5.41, 5.74) is 2.03. The second kappa shape index (κ2) is 5.48. The summed E-state index contributed by atoms with van der Waals surface area (Å²) in [6, 6.07) is 8.38. The van der Waals surface area contributed by atoms with Gasteiger partial charge in [-0.2, -0.15) is 0 Å². The van der Waals surface area contributed by atoms with Crippen molar-refractivity contribution in [2.75, 3.05) is 0 Å². The first kappa shape index (κ1) is 15.3. The van der Waals surface area contributed by atoms with Crippen molar-refractivity contribution in [2.45, 2.75) is 18.7 Å². The summed E-state index contributed by atoms with van der Waals surface area (Å²) < 4.78 is 32.8. The molecule has 0 saturated heterocycles. The van der Waals surface area contributed by atoms with Crippen LogP contribution in [0.25, 0.3) is 10.8 Å². The molecule has 0 atom stereocenters. The minimum absolute atomic E-state index is 0. The van der Waals surface area contributed by atoms with Gasteiger partial charge in [-0.05, 0) is 47.9 Å². The molecule has 0 amide bonds. The van der Waals surface area contributed by atoms with Crippen molar-refractivity contribution in [1.82, 2.24) is 0 Å². The van der Waals surface area contributed by atoms with Gasteiger partial charge in [0.05, 0.1) is 4.90 Å². The average Bonchev–Trinajstić information content (AvgIpc) is 2.22. The average molecular weight is 274 g/mol. The Hall–Kier alpha value is 0.246. The number of hydrogen-bond donors (Lipinski definition) is 0. The number of hydrogen-bond acceptors (Lipinski definition) is 3. The van der Waals surface area contributed by atoms with Crippen molar-refractivity contribution in [3.63, 3.8) is 0 Å². The van der Waals surface area contributed by atoms with Crippen molar-refractivity contribution >= 4 is 20.9 Å². The first-order valence-corrected chi connectivity index (χ1v) is 6.26. The Labute approximate surface area is 143 Å². The van der Waals surface area contributed by atoms with Crippen molar-refractivity contribution in [2.24, 2.45) is 0 Å². The van der Waals surface area contributed by atoms with Crippen molar-refractivity contribution < 1.29 is 64.4 Å². The molecule has 0 aliphatic rings. The van der Waals surface area contributed by atoms with Crippen LogP contribution in [-0.2, 0) is 10.1 Å². The molecule has 0 spiro atoms. The largest absolute Gasteiger partial charge is 1.00 e. The minimum atomic E-state index is -4.37. The molecule has 0 N–H and O–H groups in total. The van der Waals surface area contributed by atoms with Gasteiger partial charge in [-0.15, -0.1) is 0 Å². The fourth-order valence-electron chi connectivity index (χ4n) is 1.78. The van der Waals surface area contributed by atoms with E-state index < -0.39 is 10.1 Å². The van der Waals surface area contributed by atoms with Gasteiger partial charge < -0.3 is 4.55 Å². The number of fused-ring (bicyclic) bond motifs is 1. The first-order valence-electron chi connectivity index (χ1n) is 4.85. The summed E-state index contributed by atoms with van der Waals surface area (Å²) in [6.45, 7) is 3.84. The molecule has 0 fully saturated rings. The van der Waals surface area contributed by atoms with Gasteiger partial charge in [-0.1, -0.05) is 18.2 Å². The quantitative estimate of drug-likeness (QED) is 0.514. The second-order valence-electron chi connectivity index (χ2n) is 3.86. The molecule has 3 nitrogen and oxygen atoms in total. The van der Waals surface area contributed by atoms with E-state index in [0.717, 1.165) is 21.9 Å². The third kappa shape index (κ3) is 3.17. The van der Waals surface area contributed by atoms with Gasteiger partial charge in [0.1, 0.15) is 10.1 Å². The van der Waals surface area contributed by atoms with Crippen LogP contribution in [-0.4, -0.2) is 13.0 Å². The summed E-state index contributed by atoms with van der Waals surface area (Å²) in [7, 11) is -4.37. The molecule has 2 rings (SSSR count). The zero-order chi connectivity index (χ0) is 11.9. The Bertz CT molecular complexity index is 663. The Morgan fingerprint density at radius 3 is 2.00 bits per heavy atom. The fraction of sp³-hybridized carbons (Fsp3) is 0.167. The monoisotopic (exact) mass is 274 g/mol. The van der Waals surface area contributed by atoms with Crippen molar-refractivity contribution in [3.8, 4) is 0 Å². The molecule has 0 aromatic heterocycles. The zero-order valence-corrected chi connectivity index (χ0v) is 14.0. The number of rotatable bonds is 1. The standard InChI is InChI=1S/C12H12O3S.K/c1-8-3-4-9(2)12-7-10(16(13,14)15)5-6-11(8)12;/h3-7H,1-2H3,(H,13,14,15);/q;+1/p-1. The van der Waals surface area contributed by atoms with E-state index in [1.165, 1.54) is 12.1 Å². The van der Waals surface area contributed by atoms with Gasteiger partial charge in [-0.3, -0.25) is 0 Å². The van der Waals surface area contributed by atoms with Gasteiger partial charge in [0.2, 0.25) is 0 Å². The van der Waals surface area contributed by atoms with Gasteiger partial charge in [-0.25, -0.2) is 8.42 Å². The molecular formula is C12H11KO3S. The fourth-order valence-corrected chi connectivity index (χ4v) is 2.28. The van der Waals surface area contributed by atoms with E-state index in [0.29, 0.717) is 0 Å². The van der Waals surface area contributed by atoms with Crippen LogP contribution in [0.4, 0.5) is 0 Å². The summed E-state index contributed by atoms with van der Waals surface area (Å²) >= 11 is 0. The third-order valence-electron chi connectivity index (χ3n) is 2.71. The molecule has 0 unspecified atom stereocenters. The Balaban J connectivity index is 0.00000144. The maximum Gasteiger partial charge on any atom is 1.00 e. The van der Waals surface area contributed by atoms with Crippen LogP contribution in [0.5, 0.6) is 0 Å². The second-order valence-corrected chi connectivity index (χ2v) is 5.24. The van der Waals surface area contributed by atoms with Crippen LogP contribution >= 0.6 is 0 Å². The summed E-state index contributed by atoms with van der Waals surface area (Å²) in [5.74, 6) is 0. The molecular weight excluding hydrogens is 263 g/mol. The molecule has 0 bridgehead atoms. The third-order valence-corrected chi connectivity index (χ3v) is 3.54. The molecule has 5 heteroatoms. The first-order chi connectivity index (χ1) is 7.39. The van der Waals surface area contributed by atoms with E-state index in [1.807, 2.05) is 26.0 Å². The predicted molar refractivity (Wildman–Crippen MR) is 61.4 cm³/mol. The summed E-state index contributed by atoms with van der Waals surface area (Å²) in [4.78, 5) is -0.172. The van der Waals surface area contributed by atoms with Crippen molar-refractivity contribution in [1.29, 1.82) is 0 Å². The normalized spacial score (nSPS) is 11.2. The van der Waals surface area contributed by atoms with E-state index in [9.17, 15) is 13.0 Å². The topological polar surface area (TPSA) is 57.2 Å². The van der Waals surface area contributed by atoms with Gasteiger partial charge in [0, 0.05) is 0 Å². The Morgan fingerprint density at radius 1 is 0.941 bits per heavy atom. The zero-order valence-electron chi connectivity index (χ0n) is 10.0. The summed E-state index contributed by atoms with van der Waals surface area (Å²) in [5, 5.41) is 1.80. The summed E-state index contributed by atoms with van der Waals surface area (Å²) in [6.07, 6.45) is 0. The van der Waals surface area contributed by atoms with Crippen LogP contribution in [0.2, 0.25) is 0 Å². The van der Waals surface area contributed by atoms with Crippen molar-refractivity contribution in [3.05, 3.63) is 41.5 Å². The molecule has 17 heavy (non-hydrogen) atoms. The Kier molecular flexibility index (Phi) is 4.94. The molecule has 0 aliphatic heterocycles. The van der Waals surface area contributed by atoms with E-state index in [1.54, 1.807) is 6.07 Å². The van der Waals surface area contributed by atoms with Crippen LogP contribution < -0.4 is 51.4 Å². The molecule has 0 aliphatic carbocycles. The molecule has 0 saturated carbocycles. The van der Waals surface area contributed by atoms with E-state index in [2.05, 4.69) is 0 Å². The van der Waals surface area contributed by atoms with Gasteiger partial charge in [0.15, 0.2) is 0 Å². The predicted octanol–water partition coefficient (Wildman–Crippen LogP) is -0.635. The molecule has 0 heterocycles. The van der Waals surface area contributed by atoms with Gasteiger partial charge in [0.25, 0.3) is 0 Å². The smallest absolute Gasteiger partial charge is 0.744 e. The number of benzene rings is 2. The molecule has 84 valence electrons. The van der Waals surface area contributed by atoms with Crippen LogP contribution in [0.1, 0.15) is 11.1 Å². The Morgan fingerprint density at radius 2 is 1.47 bits per heavy atom. The van der Waals surface area contributed by atoms with Crippen LogP contribution in [0.15, 0.2) is 35.2 Å². The minimum Gasteiger partial charge on any atom is -0.744 e. The van der Waals surface area contributed by atoms with Crippen LogP contribution in [0.3, 0.4) is 0 Å². The maximum absolute atomic E-state index is 10.9. The van der Waals surface area contributed by atoms with E-state index in [4.69, 9.17) is 0 Å². The molecule has 0 radical (unpaired) electrons.